The molecule has 1 radical (unpaired) electrons. The van der Waals surface area contributed by atoms with Crippen molar-refractivity contribution in [1.82, 2.24) is 20.1 Å². The molecule has 2 aliphatic rings. The number of aromatic nitrogens is 3. The maximum absolute atomic E-state index is 12.1. The molecule has 21 heavy (non-hydrogen) atoms. The average molecular weight is 347 g/mol. The number of hydrogen-bond donors (Lipinski definition) is 2. The summed E-state index contributed by atoms with van der Waals surface area (Å²) < 4.78 is 8.90. The van der Waals surface area contributed by atoms with Crippen LogP contribution < -0.4 is 25.5 Å². The van der Waals surface area contributed by atoms with Gasteiger partial charge in [-0.3, -0.25) is 0 Å². The molecule has 7 nitrogen and oxygen atoms in total. The second-order valence-electron chi connectivity index (χ2n) is 4.99. The van der Waals surface area contributed by atoms with Crippen LogP contribution in [0.5, 0.6) is 5.75 Å². The minimum atomic E-state index is -0.714. The first kappa shape index (κ1) is 12.9. The van der Waals surface area contributed by atoms with Crippen LogP contribution in [0, 0.1) is 0 Å². The molecule has 2 aliphatic heterocycles. The molecule has 0 unspecified atom stereocenters. The van der Waals surface area contributed by atoms with Crippen molar-refractivity contribution >= 4 is 20.1 Å². The van der Waals surface area contributed by atoms with Gasteiger partial charge in [-0.1, -0.05) is 0 Å². The number of nitrogens with one attached hydrogen (secondary N) is 2. The number of rotatable bonds is 2. The van der Waals surface area contributed by atoms with Gasteiger partial charge >= 0.3 is 125 Å². The van der Waals surface area contributed by atoms with Gasteiger partial charge in [0.2, 0.25) is 0 Å². The summed E-state index contributed by atoms with van der Waals surface area (Å²) in [4.78, 5) is 23.6. The van der Waals surface area contributed by atoms with Crippen molar-refractivity contribution in [2.24, 2.45) is 0 Å². The zero-order chi connectivity index (χ0) is 14.4. The number of benzene rings is 1. The Bertz CT molecular complexity index is 825. The van der Waals surface area contributed by atoms with Crippen LogP contribution in [-0.2, 0) is 6.61 Å². The molecule has 0 amide bonds. The van der Waals surface area contributed by atoms with Crippen LogP contribution in [0.3, 0.4) is 0 Å². The van der Waals surface area contributed by atoms with Crippen LogP contribution in [0.25, 0.3) is 5.69 Å². The number of nitrogens with zero attached hydrogens (tertiary/aromatic N) is 2. The second kappa shape index (κ2) is 4.86. The van der Waals surface area contributed by atoms with E-state index in [2.05, 4.69) is 15.5 Å². The molecular formula is C13H12AsN4O3. The summed E-state index contributed by atoms with van der Waals surface area (Å²) >= 11 is 0.0424. The fraction of sp³-hybridized carbons (Fsp3) is 0.308. The molecule has 3 heterocycles. The molecule has 0 bridgehead atoms. The van der Waals surface area contributed by atoms with Crippen molar-refractivity contribution in [3.05, 3.63) is 44.7 Å². The van der Waals surface area contributed by atoms with Crippen LogP contribution in [0.2, 0.25) is 4.71 Å². The van der Waals surface area contributed by atoms with Gasteiger partial charge in [0.25, 0.3) is 0 Å². The Kier molecular flexibility index (Phi) is 2.97. The van der Waals surface area contributed by atoms with Crippen LogP contribution in [0.15, 0.2) is 27.8 Å². The Hall–Kier alpha value is -1.85. The van der Waals surface area contributed by atoms with Crippen LogP contribution >= 0.6 is 0 Å². The fourth-order valence-corrected chi connectivity index (χ4v) is 4.94. The summed E-state index contributed by atoms with van der Waals surface area (Å²) in [6.45, 7) is 2.30. The molecule has 107 valence electrons. The molecule has 0 atom stereocenters. The third-order valence-electron chi connectivity index (χ3n) is 3.57. The second-order valence-corrected chi connectivity index (χ2v) is 8.15. The van der Waals surface area contributed by atoms with Crippen molar-refractivity contribution in [3.8, 4) is 11.4 Å². The van der Waals surface area contributed by atoms with E-state index in [4.69, 9.17) is 4.74 Å². The van der Waals surface area contributed by atoms with E-state index in [1.54, 1.807) is 0 Å². The first-order chi connectivity index (χ1) is 10.2. The molecule has 8 heteroatoms. The Balaban J connectivity index is 1.83. The summed E-state index contributed by atoms with van der Waals surface area (Å²) in [5.41, 5.74) is -0.698. The Morgan fingerprint density at radius 1 is 1.33 bits per heavy atom. The van der Waals surface area contributed by atoms with E-state index in [1.165, 1.54) is 8.92 Å². The van der Waals surface area contributed by atoms with Crippen LogP contribution in [-0.4, -0.2) is 43.6 Å². The summed E-state index contributed by atoms with van der Waals surface area (Å²) in [7, 11) is 0. The van der Waals surface area contributed by atoms with Crippen LogP contribution in [0.1, 0.15) is 5.82 Å². The van der Waals surface area contributed by atoms with Gasteiger partial charge in [-0.25, -0.2) is 0 Å². The zero-order valence-corrected chi connectivity index (χ0v) is 12.9. The van der Waals surface area contributed by atoms with E-state index in [9.17, 15) is 9.59 Å². The van der Waals surface area contributed by atoms with Gasteiger partial charge in [0, 0.05) is 0 Å². The predicted octanol–water partition coefficient (Wildman–Crippen LogP) is -1.47. The molecule has 0 saturated carbocycles. The number of ether oxygens (including phenoxy) is 1. The first-order valence-corrected chi connectivity index (χ1v) is 8.64. The molecule has 2 aromatic rings. The van der Waals surface area contributed by atoms with Crippen molar-refractivity contribution in [2.45, 2.75) is 11.3 Å². The predicted molar refractivity (Wildman–Crippen MR) is 76.8 cm³/mol. The van der Waals surface area contributed by atoms with Crippen molar-refractivity contribution < 1.29 is 4.74 Å². The van der Waals surface area contributed by atoms with E-state index < -0.39 is 11.1 Å². The monoisotopic (exact) mass is 347 g/mol. The summed E-state index contributed by atoms with van der Waals surface area (Å²) in [5.74, 6) is 1.04. The minimum absolute atomic E-state index is 0.0424. The third kappa shape index (κ3) is 2.13. The van der Waals surface area contributed by atoms with Crippen molar-refractivity contribution in [1.29, 1.82) is 0 Å². The van der Waals surface area contributed by atoms with E-state index >= 15 is 0 Å². The van der Waals surface area contributed by atoms with Crippen molar-refractivity contribution in [2.75, 3.05) is 13.1 Å². The Morgan fingerprint density at radius 3 is 2.95 bits per heavy atom. The van der Waals surface area contributed by atoms with Gasteiger partial charge in [-0.15, -0.1) is 0 Å². The van der Waals surface area contributed by atoms with E-state index in [0.717, 1.165) is 17.8 Å². The topological polar surface area (TPSA) is 89.0 Å². The molecule has 1 aromatic carbocycles. The van der Waals surface area contributed by atoms with Crippen LogP contribution in [0.4, 0.5) is 0 Å². The van der Waals surface area contributed by atoms with Gasteiger partial charge in [0.1, 0.15) is 0 Å². The Labute approximate surface area is 126 Å². The zero-order valence-electron chi connectivity index (χ0n) is 11.0. The SMILES string of the molecule is O=c1[nH]nc2n(c1=O)-c1cc([As]C3CNC3)ccc1OC2. The normalized spacial score (nSPS) is 17.1. The van der Waals surface area contributed by atoms with E-state index in [-0.39, 0.29) is 22.4 Å². The van der Waals surface area contributed by atoms with E-state index in [1.807, 2.05) is 18.2 Å². The van der Waals surface area contributed by atoms with Crippen molar-refractivity contribution in [3.63, 3.8) is 0 Å². The molecule has 1 aromatic heterocycles. The average Bonchev–Trinajstić information content (AvgIpc) is 2.46. The van der Waals surface area contributed by atoms with Gasteiger partial charge in [-0.05, 0) is 0 Å². The van der Waals surface area contributed by atoms with Gasteiger partial charge in [0.15, 0.2) is 0 Å². The summed E-state index contributed by atoms with van der Waals surface area (Å²) in [5, 5.41) is 9.36. The molecular weight excluding hydrogens is 335 g/mol. The summed E-state index contributed by atoms with van der Waals surface area (Å²) in [6, 6.07) is 5.88. The van der Waals surface area contributed by atoms with Gasteiger partial charge < -0.3 is 0 Å². The summed E-state index contributed by atoms with van der Waals surface area (Å²) in [6.07, 6.45) is 0. The van der Waals surface area contributed by atoms with Gasteiger partial charge in [0.05, 0.1) is 0 Å². The van der Waals surface area contributed by atoms with Gasteiger partial charge in [-0.2, -0.15) is 0 Å². The Morgan fingerprint density at radius 2 is 2.19 bits per heavy atom. The molecule has 1 saturated heterocycles. The van der Waals surface area contributed by atoms with E-state index in [0.29, 0.717) is 17.3 Å². The first-order valence-electron chi connectivity index (χ1n) is 6.62. The number of hydrogen-bond acceptors (Lipinski definition) is 5. The maximum atomic E-state index is 12.1. The molecule has 0 spiro atoms. The molecule has 2 N–H and O–H groups in total. The standard InChI is InChI=1S/C13H12AsN4O3/c19-12-13(20)18-9-3-7(14-8-4-15-5-8)1-2-10(9)21-6-11(18)16-17-12/h1-3,8,15H,4-6H2,(H,17,19). The number of fused-ring (bicyclic) bond motifs is 3. The molecule has 4 rings (SSSR count). The number of H-pyrrole nitrogens is 1. The quantitative estimate of drug-likeness (QED) is 0.512. The molecule has 1 fully saturated rings. The third-order valence-corrected chi connectivity index (χ3v) is 6.32. The molecule has 0 aliphatic carbocycles. The fourth-order valence-electron chi connectivity index (χ4n) is 2.38. The number of aromatic amines is 1.